The number of carbonyl (C=O) groups excluding carboxylic acids is 2. The molecule has 3 rings (SSSR count). The smallest absolute Gasteiger partial charge is 0.230 e. The first-order valence-electron chi connectivity index (χ1n) is 8.08. The maximum Gasteiger partial charge on any atom is 0.230 e. The van der Waals surface area contributed by atoms with Crippen LogP contribution in [0.25, 0.3) is 22.5 Å². The Morgan fingerprint density at radius 1 is 1.08 bits per heavy atom. The van der Waals surface area contributed by atoms with Gasteiger partial charge in [0, 0.05) is 25.4 Å². The van der Waals surface area contributed by atoms with Gasteiger partial charge in [0.15, 0.2) is 11.6 Å². The van der Waals surface area contributed by atoms with Crippen LogP contribution in [0.4, 0.5) is 0 Å². The minimum absolute atomic E-state index is 0.119. The van der Waals surface area contributed by atoms with Crippen molar-refractivity contribution in [2.24, 2.45) is 0 Å². The molecule has 2 aromatic heterocycles. The Kier molecular flexibility index (Phi) is 5.85. The van der Waals surface area contributed by atoms with E-state index in [1.165, 1.54) is 18.7 Å². The fraction of sp³-hybridized carbons (Fsp3) is 0.222. The van der Waals surface area contributed by atoms with Crippen LogP contribution in [0.1, 0.15) is 6.92 Å². The largest absolute Gasteiger partial charge is 0.461 e. The van der Waals surface area contributed by atoms with Gasteiger partial charge >= 0.3 is 0 Å². The molecule has 0 fully saturated rings. The van der Waals surface area contributed by atoms with Crippen LogP contribution in [-0.4, -0.2) is 40.6 Å². The van der Waals surface area contributed by atoms with Gasteiger partial charge in [-0.15, -0.1) is 0 Å². The standard InChI is InChI=1S/C18H18N4O3S/c1-12(23)19-8-9-20-16(24)11-26-18-13-5-2-3-6-14(13)21-17(22-18)15-7-4-10-25-15/h2-7,10H,8-9,11H2,1H3,(H,19,23)(H,20,24). The number of aromatic nitrogens is 2. The van der Waals surface area contributed by atoms with Crippen LogP contribution in [0.5, 0.6) is 0 Å². The van der Waals surface area contributed by atoms with E-state index in [1.807, 2.05) is 24.3 Å². The highest BCUT2D eigenvalue weighted by Crippen LogP contribution is 2.28. The van der Waals surface area contributed by atoms with Gasteiger partial charge < -0.3 is 15.1 Å². The fourth-order valence-corrected chi connectivity index (χ4v) is 3.15. The van der Waals surface area contributed by atoms with Gasteiger partial charge in [-0.05, 0) is 18.2 Å². The first kappa shape index (κ1) is 17.9. The number of amides is 2. The molecule has 1 aromatic carbocycles. The number of furan rings is 1. The van der Waals surface area contributed by atoms with E-state index >= 15 is 0 Å². The van der Waals surface area contributed by atoms with E-state index in [2.05, 4.69) is 20.6 Å². The topological polar surface area (TPSA) is 97.1 Å². The molecule has 0 spiro atoms. The second-order valence-electron chi connectivity index (χ2n) is 5.47. The van der Waals surface area contributed by atoms with Crippen molar-refractivity contribution in [2.45, 2.75) is 11.9 Å². The van der Waals surface area contributed by atoms with E-state index in [-0.39, 0.29) is 17.6 Å². The van der Waals surface area contributed by atoms with Crippen LogP contribution < -0.4 is 10.6 Å². The number of para-hydroxylation sites is 1. The lowest BCUT2D eigenvalue weighted by atomic mass is 10.2. The molecule has 0 aliphatic heterocycles. The van der Waals surface area contributed by atoms with E-state index in [0.29, 0.717) is 24.7 Å². The Hall–Kier alpha value is -2.87. The lowest BCUT2D eigenvalue weighted by Gasteiger charge is -2.08. The molecule has 0 saturated carbocycles. The molecule has 8 heteroatoms. The monoisotopic (exact) mass is 370 g/mol. The van der Waals surface area contributed by atoms with Crippen LogP contribution in [-0.2, 0) is 9.59 Å². The lowest BCUT2D eigenvalue weighted by molar-refractivity contribution is -0.120. The van der Waals surface area contributed by atoms with Crippen molar-refractivity contribution in [3.8, 4) is 11.6 Å². The molecule has 0 unspecified atom stereocenters. The number of nitrogens with zero attached hydrogens (tertiary/aromatic N) is 2. The van der Waals surface area contributed by atoms with Crippen LogP contribution >= 0.6 is 11.8 Å². The minimum Gasteiger partial charge on any atom is -0.461 e. The van der Waals surface area contributed by atoms with Crippen LogP contribution in [0.15, 0.2) is 52.1 Å². The van der Waals surface area contributed by atoms with Crippen molar-refractivity contribution in [3.63, 3.8) is 0 Å². The molecule has 0 bridgehead atoms. The van der Waals surface area contributed by atoms with E-state index in [4.69, 9.17) is 4.42 Å². The van der Waals surface area contributed by atoms with Gasteiger partial charge in [0.2, 0.25) is 11.8 Å². The molecule has 7 nitrogen and oxygen atoms in total. The molecule has 0 aliphatic carbocycles. The van der Waals surface area contributed by atoms with E-state index in [1.54, 1.807) is 18.4 Å². The normalized spacial score (nSPS) is 10.7. The summed E-state index contributed by atoms with van der Waals surface area (Å²) >= 11 is 1.34. The van der Waals surface area contributed by atoms with Crippen molar-refractivity contribution >= 4 is 34.5 Å². The molecule has 0 saturated heterocycles. The number of rotatable bonds is 7. The van der Waals surface area contributed by atoms with Gasteiger partial charge in [0.25, 0.3) is 0 Å². The first-order chi connectivity index (χ1) is 12.6. The van der Waals surface area contributed by atoms with Gasteiger partial charge in [-0.1, -0.05) is 30.0 Å². The number of nitrogens with one attached hydrogen (secondary N) is 2. The molecule has 0 atom stereocenters. The van der Waals surface area contributed by atoms with E-state index in [9.17, 15) is 9.59 Å². The Morgan fingerprint density at radius 2 is 1.88 bits per heavy atom. The lowest BCUT2D eigenvalue weighted by Crippen LogP contribution is -2.34. The predicted molar refractivity (Wildman–Crippen MR) is 99.7 cm³/mol. The summed E-state index contributed by atoms with van der Waals surface area (Å²) in [6.45, 7) is 2.24. The average molecular weight is 370 g/mol. The Labute approximate surface area is 154 Å². The van der Waals surface area contributed by atoms with Crippen molar-refractivity contribution in [1.29, 1.82) is 0 Å². The number of thioether (sulfide) groups is 1. The van der Waals surface area contributed by atoms with Gasteiger partial charge in [0.05, 0.1) is 17.5 Å². The van der Waals surface area contributed by atoms with Gasteiger partial charge in [-0.25, -0.2) is 9.97 Å². The minimum atomic E-state index is -0.123. The van der Waals surface area contributed by atoms with Gasteiger partial charge in [-0.2, -0.15) is 0 Å². The quantitative estimate of drug-likeness (QED) is 0.376. The van der Waals surface area contributed by atoms with Gasteiger partial charge in [-0.3, -0.25) is 9.59 Å². The number of hydrogen-bond acceptors (Lipinski definition) is 6. The third-order valence-electron chi connectivity index (χ3n) is 3.47. The Morgan fingerprint density at radius 3 is 2.65 bits per heavy atom. The summed E-state index contributed by atoms with van der Waals surface area (Å²) in [6.07, 6.45) is 1.57. The Balaban J connectivity index is 1.70. The van der Waals surface area contributed by atoms with Crippen LogP contribution in [0, 0.1) is 0 Å². The second kappa shape index (κ2) is 8.48. The number of carbonyl (C=O) groups is 2. The predicted octanol–water partition coefficient (Wildman–Crippen LogP) is 2.23. The highest BCUT2D eigenvalue weighted by Gasteiger charge is 2.13. The maximum absolute atomic E-state index is 12.0. The highest BCUT2D eigenvalue weighted by molar-refractivity contribution is 8.00. The first-order valence-corrected chi connectivity index (χ1v) is 9.06. The summed E-state index contributed by atoms with van der Waals surface area (Å²) in [4.78, 5) is 31.9. The summed E-state index contributed by atoms with van der Waals surface area (Å²) in [5, 5.41) is 7.00. The molecule has 134 valence electrons. The van der Waals surface area contributed by atoms with Crippen molar-refractivity contribution in [3.05, 3.63) is 42.7 Å². The van der Waals surface area contributed by atoms with Crippen LogP contribution in [0.3, 0.4) is 0 Å². The summed E-state index contributed by atoms with van der Waals surface area (Å²) in [7, 11) is 0. The highest BCUT2D eigenvalue weighted by atomic mass is 32.2. The van der Waals surface area contributed by atoms with E-state index < -0.39 is 0 Å². The van der Waals surface area contributed by atoms with Crippen molar-refractivity contribution in [1.82, 2.24) is 20.6 Å². The Bertz CT molecular complexity index is 912. The summed E-state index contributed by atoms with van der Waals surface area (Å²) in [5.41, 5.74) is 0.794. The van der Waals surface area contributed by atoms with Crippen molar-refractivity contribution < 1.29 is 14.0 Å². The van der Waals surface area contributed by atoms with Gasteiger partial charge in [0.1, 0.15) is 5.03 Å². The van der Waals surface area contributed by atoms with Crippen molar-refractivity contribution in [2.75, 3.05) is 18.8 Å². The number of hydrogen-bond donors (Lipinski definition) is 2. The molecule has 2 N–H and O–H groups in total. The number of benzene rings is 1. The molecule has 0 radical (unpaired) electrons. The van der Waals surface area contributed by atoms with Crippen LogP contribution in [0.2, 0.25) is 0 Å². The zero-order valence-electron chi connectivity index (χ0n) is 14.2. The molecule has 2 amide bonds. The second-order valence-corrected chi connectivity index (χ2v) is 6.43. The molecule has 3 aromatic rings. The maximum atomic E-state index is 12.0. The molecule has 2 heterocycles. The summed E-state index contributed by atoms with van der Waals surface area (Å²) < 4.78 is 5.39. The fourth-order valence-electron chi connectivity index (χ4n) is 2.30. The average Bonchev–Trinajstić information content (AvgIpc) is 3.17. The SMILES string of the molecule is CC(=O)NCCNC(=O)CSc1nc(-c2ccco2)nc2ccccc12. The third-order valence-corrected chi connectivity index (χ3v) is 4.46. The molecular weight excluding hydrogens is 352 g/mol. The number of fused-ring (bicyclic) bond motifs is 1. The molecular formula is C18H18N4O3S. The zero-order chi connectivity index (χ0) is 18.4. The zero-order valence-corrected chi connectivity index (χ0v) is 15.0. The summed E-state index contributed by atoms with van der Waals surface area (Å²) in [6, 6.07) is 11.2. The molecule has 0 aliphatic rings. The third kappa shape index (κ3) is 4.60. The van der Waals surface area contributed by atoms with E-state index in [0.717, 1.165) is 15.9 Å². The summed E-state index contributed by atoms with van der Waals surface area (Å²) in [5.74, 6) is 1.05. The molecule has 26 heavy (non-hydrogen) atoms.